The van der Waals surface area contributed by atoms with E-state index in [1.165, 1.54) is 53.4 Å². The molecule has 3 rings (SSSR count). The van der Waals surface area contributed by atoms with E-state index in [-0.39, 0.29) is 21.4 Å². The number of halogens is 3. The van der Waals surface area contributed by atoms with E-state index in [0.29, 0.717) is 5.69 Å². The second-order valence-corrected chi connectivity index (χ2v) is 5.53. The molecule has 0 atom stereocenters. The topological polar surface area (TPSA) is 32.3 Å². The fourth-order valence-corrected chi connectivity index (χ4v) is 2.67. The van der Waals surface area contributed by atoms with Gasteiger partial charge in [-0.25, -0.2) is 8.78 Å². The zero-order valence-electron chi connectivity index (χ0n) is 11.5. The molecule has 1 heterocycles. The summed E-state index contributed by atoms with van der Waals surface area (Å²) in [6.07, 6.45) is 1.30. The van der Waals surface area contributed by atoms with Gasteiger partial charge in [0.05, 0.1) is 10.7 Å². The minimum absolute atomic E-state index is 0.0892. The van der Waals surface area contributed by atoms with E-state index < -0.39 is 17.5 Å². The molecule has 2 aromatic rings. The van der Waals surface area contributed by atoms with E-state index in [9.17, 15) is 13.6 Å². The Morgan fingerprint density at radius 2 is 1.83 bits per heavy atom. The highest BCUT2D eigenvalue weighted by atomic mass is 35.5. The van der Waals surface area contributed by atoms with Gasteiger partial charge in [0, 0.05) is 5.56 Å². The van der Waals surface area contributed by atoms with Crippen LogP contribution < -0.4 is 10.2 Å². The summed E-state index contributed by atoms with van der Waals surface area (Å²) < 4.78 is 26.8. The van der Waals surface area contributed by atoms with Crippen LogP contribution in [0.4, 0.5) is 14.5 Å². The van der Waals surface area contributed by atoms with Crippen LogP contribution in [0.3, 0.4) is 0 Å². The van der Waals surface area contributed by atoms with Crippen molar-refractivity contribution in [2.75, 3.05) is 4.90 Å². The van der Waals surface area contributed by atoms with Gasteiger partial charge in [0.25, 0.3) is 5.91 Å². The summed E-state index contributed by atoms with van der Waals surface area (Å²) in [4.78, 5) is 13.7. The molecule has 1 fully saturated rings. The molecule has 0 spiro atoms. The minimum Gasteiger partial charge on any atom is -0.327 e. The molecule has 0 unspecified atom stereocenters. The molecule has 1 N–H and O–H groups in total. The highest BCUT2D eigenvalue weighted by Crippen LogP contribution is 2.26. The van der Waals surface area contributed by atoms with Crippen LogP contribution in [0.25, 0.3) is 6.08 Å². The third-order valence-electron chi connectivity index (χ3n) is 3.25. The van der Waals surface area contributed by atoms with Crippen molar-refractivity contribution in [3.8, 4) is 0 Å². The average molecular weight is 351 g/mol. The SMILES string of the molecule is O=C1/C(=C\c2c(F)cccc2Cl)NC(=S)N1c1ccc(F)cc1. The van der Waals surface area contributed by atoms with E-state index in [1.807, 2.05) is 0 Å². The van der Waals surface area contributed by atoms with Gasteiger partial charge in [-0.15, -0.1) is 0 Å². The Bertz CT molecular complexity index is 816. The predicted molar refractivity (Wildman–Crippen MR) is 89.0 cm³/mol. The molecule has 0 radical (unpaired) electrons. The Labute approximate surface area is 141 Å². The third-order valence-corrected chi connectivity index (χ3v) is 3.87. The maximum atomic E-state index is 13.8. The van der Waals surface area contributed by atoms with Gasteiger partial charge in [0.1, 0.15) is 17.3 Å². The summed E-state index contributed by atoms with van der Waals surface area (Å²) in [6.45, 7) is 0. The Morgan fingerprint density at radius 3 is 2.48 bits per heavy atom. The molecule has 1 aliphatic rings. The van der Waals surface area contributed by atoms with E-state index >= 15 is 0 Å². The minimum atomic E-state index is -0.550. The number of carbonyl (C=O) groups is 1. The summed E-state index contributed by atoms with van der Waals surface area (Å²) in [5.41, 5.74) is 0.594. The quantitative estimate of drug-likeness (QED) is 0.659. The van der Waals surface area contributed by atoms with Crippen molar-refractivity contribution in [1.29, 1.82) is 0 Å². The first-order chi connectivity index (χ1) is 11.0. The van der Waals surface area contributed by atoms with Crippen molar-refractivity contribution in [2.45, 2.75) is 0 Å². The zero-order valence-corrected chi connectivity index (χ0v) is 13.1. The van der Waals surface area contributed by atoms with Crippen molar-refractivity contribution >= 4 is 46.6 Å². The van der Waals surface area contributed by atoms with Crippen molar-refractivity contribution < 1.29 is 13.6 Å². The van der Waals surface area contributed by atoms with E-state index in [4.69, 9.17) is 23.8 Å². The number of nitrogens with zero attached hydrogens (tertiary/aromatic N) is 1. The highest BCUT2D eigenvalue weighted by molar-refractivity contribution is 7.80. The molecule has 1 saturated heterocycles. The van der Waals surface area contributed by atoms with Gasteiger partial charge in [-0.2, -0.15) is 0 Å². The molecule has 0 aliphatic carbocycles. The Morgan fingerprint density at radius 1 is 1.13 bits per heavy atom. The lowest BCUT2D eigenvalue weighted by molar-refractivity contribution is -0.113. The van der Waals surface area contributed by atoms with Crippen LogP contribution in [0.1, 0.15) is 5.56 Å². The smallest absolute Gasteiger partial charge is 0.281 e. The van der Waals surface area contributed by atoms with Gasteiger partial charge in [-0.1, -0.05) is 17.7 Å². The monoisotopic (exact) mass is 350 g/mol. The van der Waals surface area contributed by atoms with Gasteiger partial charge < -0.3 is 5.32 Å². The van der Waals surface area contributed by atoms with Crippen LogP contribution in [0.15, 0.2) is 48.2 Å². The number of carbonyl (C=O) groups excluding carboxylic acids is 1. The number of amides is 1. The molecule has 23 heavy (non-hydrogen) atoms. The van der Waals surface area contributed by atoms with Crippen molar-refractivity contribution in [3.05, 3.63) is 70.4 Å². The van der Waals surface area contributed by atoms with Crippen molar-refractivity contribution in [2.24, 2.45) is 0 Å². The second kappa shape index (κ2) is 6.06. The Balaban J connectivity index is 1.98. The fourth-order valence-electron chi connectivity index (χ4n) is 2.15. The standard InChI is InChI=1S/C16H9ClF2N2OS/c17-12-2-1-3-13(19)11(12)8-14-15(22)21(16(23)20-14)10-6-4-9(18)5-7-10/h1-8H,(H,20,23)/b14-8+. The molecule has 0 bridgehead atoms. The first kappa shape index (κ1) is 15.6. The second-order valence-electron chi connectivity index (χ2n) is 4.74. The summed E-state index contributed by atoms with van der Waals surface area (Å²) in [5.74, 6) is -1.44. The molecule has 116 valence electrons. The first-order valence-electron chi connectivity index (χ1n) is 6.54. The number of rotatable bonds is 2. The van der Waals surface area contributed by atoms with Crippen molar-refractivity contribution in [1.82, 2.24) is 5.32 Å². The average Bonchev–Trinajstić information content (AvgIpc) is 2.79. The normalized spacial score (nSPS) is 16.1. The van der Waals surface area contributed by atoms with Gasteiger partial charge in [-0.3, -0.25) is 9.69 Å². The van der Waals surface area contributed by atoms with Gasteiger partial charge >= 0.3 is 0 Å². The molecular formula is C16H9ClF2N2OS. The summed E-state index contributed by atoms with van der Waals surface area (Å²) >= 11 is 11.1. The Kier molecular flexibility index (Phi) is 4.11. The number of hydrogen-bond donors (Lipinski definition) is 1. The van der Waals surface area contributed by atoms with Gasteiger partial charge in [-0.05, 0) is 54.7 Å². The van der Waals surface area contributed by atoms with Crippen LogP contribution in [0.2, 0.25) is 5.02 Å². The fraction of sp³-hybridized carbons (Fsp3) is 0. The number of anilines is 1. The van der Waals surface area contributed by atoms with E-state index in [0.717, 1.165) is 0 Å². The van der Waals surface area contributed by atoms with Crippen LogP contribution >= 0.6 is 23.8 Å². The lowest BCUT2D eigenvalue weighted by Crippen LogP contribution is -2.30. The summed E-state index contributed by atoms with van der Waals surface area (Å²) in [7, 11) is 0. The van der Waals surface area contributed by atoms with Gasteiger partial charge in [0.2, 0.25) is 0 Å². The molecule has 1 aliphatic heterocycles. The largest absolute Gasteiger partial charge is 0.327 e. The first-order valence-corrected chi connectivity index (χ1v) is 7.32. The van der Waals surface area contributed by atoms with Crippen LogP contribution in [0, 0.1) is 11.6 Å². The number of nitrogens with one attached hydrogen (secondary N) is 1. The third kappa shape index (κ3) is 2.95. The Hall–Kier alpha value is -2.31. The van der Waals surface area contributed by atoms with Crippen LogP contribution in [0.5, 0.6) is 0 Å². The molecule has 0 saturated carbocycles. The number of benzene rings is 2. The molecule has 7 heteroatoms. The lowest BCUT2D eigenvalue weighted by atomic mass is 10.1. The summed E-state index contributed by atoms with van der Waals surface area (Å²) in [5, 5.41) is 3.02. The molecule has 2 aromatic carbocycles. The number of hydrogen-bond acceptors (Lipinski definition) is 2. The number of thiocarbonyl (C=S) groups is 1. The molecular weight excluding hydrogens is 342 g/mol. The maximum absolute atomic E-state index is 13.8. The van der Waals surface area contributed by atoms with Crippen molar-refractivity contribution in [3.63, 3.8) is 0 Å². The molecule has 1 amide bonds. The van der Waals surface area contributed by atoms with Crippen LogP contribution in [-0.4, -0.2) is 11.0 Å². The molecule has 3 nitrogen and oxygen atoms in total. The molecule has 0 aromatic heterocycles. The van der Waals surface area contributed by atoms with E-state index in [1.54, 1.807) is 0 Å². The van der Waals surface area contributed by atoms with Crippen LogP contribution in [-0.2, 0) is 4.79 Å². The highest BCUT2D eigenvalue weighted by Gasteiger charge is 2.32. The lowest BCUT2D eigenvalue weighted by Gasteiger charge is -2.13. The zero-order chi connectivity index (χ0) is 16.6. The summed E-state index contributed by atoms with van der Waals surface area (Å²) in [6, 6.07) is 9.54. The van der Waals surface area contributed by atoms with E-state index in [2.05, 4.69) is 5.32 Å². The predicted octanol–water partition coefficient (Wildman–Crippen LogP) is 3.88. The van der Waals surface area contributed by atoms with Gasteiger partial charge in [0.15, 0.2) is 5.11 Å². The maximum Gasteiger partial charge on any atom is 0.281 e.